The van der Waals surface area contributed by atoms with E-state index in [0.29, 0.717) is 36.8 Å². The van der Waals surface area contributed by atoms with Crippen molar-refractivity contribution >= 4 is 40.9 Å². The average molecular weight is 471 g/mol. The number of amides is 2. The van der Waals surface area contributed by atoms with Crippen LogP contribution in [0.1, 0.15) is 26.3 Å². The second-order valence-corrected chi connectivity index (χ2v) is 7.16. The number of hydrogen-bond donors (Lipinski definition) is 0. The molecule has 33 heavy (non-hydrogen) atoms. The second-order valence-electron chi connectivity index (χ2n) is 6.79. The Bertz CT molecular complexity index is 1100. The average Bonchev–Trinajstić information content (AvgIpc) is 2.79. The zero-order chi connectivity index (χ0) is 24.1. The highest BCUT2D eigenvalue weighted by Crippen LogP contribution is 2.33. The Labute approximate surface area is 195 Å². The van der Waals surface area contributed by atoms with Crippen LogP contribution in [0.3, 0.4) is 0 Å². The van der Waals surface area contributed by atoms with Gasteiger partial charge in [-0.2, -0.15) is 0 Å². The summed E-state index contributed by atoms with van der Waals surface area (Å²) in [5, 5.41) is 11.0. The molecule has 0 bridgehead atoms. The van der Waals surface area contributed by atoms with Crippen LogP contribution in [0.25, 0.3) is 6.08 Å². The lowest BCUT2D eigenvalue weighted by Gasteiger charge is -2.35. The summed E-state index contributed by atoms with van der Waals surface area (Å²) in [4.78, 5) is 42.6. The Balaban J connectivity index is 1.94. The topological polar surface area (TPSA) is 115 Å². The first-order chi connectivity index (χ1) is 15.8. The van der Waals surface area contributed by atoms with Crippen molar-refractivity contribution in [3.8, 4) is 17.4 Å². The van der Waals surface area contributed by atoms with Gasteiger partial charge in [0.15, 0.2) is 16.6 Å². The van der Waals surface area contributed by atoms with Gasteiger partial charge in [-0.25, -0.2) is 4.98 Å². The number of carbonyl (C=O) groups excluding carboxylic acids is 2. The highest BCUT2D eigenvalue weighted by Gasteiger charge is 2.37. The maximum Gasteiger partial charge on any atom is 0.287 e. The lowest BCUT2D eigenvalue weighted by Crippen LogP contribution is -2.55. The molecule has 10 nitrogen and oxygen atoms in total. The number of benzene rings is 1. The molecule has 2 heterocycles. The van der Waals surface area contributed by atoms with E-state index in [9.17, 15) is 19.7 Å². The Kier molecular flexibility index (Phi) is 7.34. The lowest BCUT2D eigenvalue weighted by atomic mass is 10.1. The number of hydrogen-bond acceptors (Lipinski definition) is 8. The van der Waals surface area contributed by atoms with E-state index in [4.69, 9.17) is 21.7 Å². The van der Waals surface area contributed by atoms with E-state index in [1.54, 1.807) is 39.0 Å². The number of aromatic nitrogens is 1. The molecule has 1 aromatic heterocycles. The number of pyridine rings is 1. The first kappa shape index (κ1) is 23.8. The standard InChI is InChI=1S/C22H22N4O6S/c1-4-24-20(27)16(21(28)25(5-2)22(24)33)11-14-7-9-17(18(12-14)31-6-3)32-19-10-8-15(13-23-19)26(29)30/h7-13H,4-6H2,1-3H3. The van der Waals surface area contributed by atoms with Crippen LogP contribution in [0.5, 0.6) is 17.4 Å². The van der Waals surface area contributed by atoms with Crippen LogP contribution in [-0.2, 0) is 9.59 Å². The van der Waals surface area contributed by atoms with E-state index in [1.165, 1.54) is 28.0 Å². The monoisotopic (exact) mass is 470 g/mol. The van der Waals surface area contributed by atoms with E-state index < -0.39 is 16.7 Å². The molecule has 0 unspecified atom stereocenters. The maximum absolute atomic E-state index is 12.8. The number of ether oxygens (including phenoxy) is 2. The maximum atomic E-state index is 12.8. The summed E-state index contributed by atoms with van der Waals surface area (Å²) in [7, 11) is 0. The summed E-state index contributed by atoms with van der Waals surface area (Å²) in [5.41, 5.74) is 0.400. The number of rotatable bonds is 8. The van der Waals surface area contributed by atoms with Crippen molar-refractivity contribution in [2.45, 2.75) is 20.8 Å². The van der Waals surface area contributed by atoms with Gasteiger partial charge in [-0.05, 0) is 56.8 Å². The van der Waals surface area contributed by atoms with Crippen molar-refractivity contribution in [1.29, 1.82) is 0 Å². The first-order valence-electron chi connectivity index (χ1n) is 10.2. The van der Waals surface area contributed by atoms with Crippen molar-refractivity contribution in [3.63, 3.8) is 0 Å². The molecule has 0 spiro atoms. The SMILES string of the molecule is CCOc1cc(C=C2C(=O)N(CC)C(=S)N(CC)C2=O)ccc1Oc1ccc([N+](=O)[O-])cn1. The van der Waals surface area contributed by atoms with Gasteiger partial charge in [-0.3, -0.25) is 29.5 Å². The van der Waals surface area contributed by atoms with Crippen molar-refractivity contribution in [2.75, 3.05) is 19.7 Å². The van der Waals surface area contributed by atoms with Crippen LogP contribution in [0.2, 0.25) is 0 Å². The quantitative estimate of drug-likeness (QED) is 0.189. The fourth-order valence-electron chi connectivity index (χ4n) is 3.17. The summed E-state index contributed by atoms with van der Waals surface area (Å²) in [6.07, 6.45) is 2.59. The number of carbonyl (C=O) groups is 2. The number of thiocarbonyl (C=S) groups is 1. The normalized spacial score (nSPS) is 13.9. The van der Waals surface area contributed by atoms with Crippen LogP contribution in [0.15, 0.2) is 42.1 Å². The number of nitro groups is 1. The van der Waals surface area contributed by atoms with E-state index in [0.717, 1.165) is 6.20 Å². The first-order valence-corrected chi connectivity index (χ1v) is 10.7. The molecule has 0 saturated carbocycles. The van der Waals surface area contributed by atoms with Gasteiger partial charge in [0.2, 0.25) is 5.88 Å². The van der Waals surface area contributed by atoms with Gasteiger partial charge in [0.05, 0.1) is 11.5 Å². The zero-order valence-electron chi connectivity index (χ0n) is 18.3. The molecule has 0 atom stereocenters. The van der Waals surface area contributed by atoms with Crippen LogP contribution < -0.4 is 9.47 Å². The minimum Gasteiger partial charge on any atom is -0.490 e. The molecule has 0 N–H and O–H groups in total. The number of nitrogens with zero attached hydrogens (tertiary/aromatic N) is 4. The van der Waals surface area contributed by atoms with Crippen LogP contribution >= 0.6 is 12.2 Å². The number of likely N-dealkylation sites (N-methyl/N-ethyl adjacent to an activating group) is 2. The Morgan fingerprint density at radius 2 is 1.73 bits per heavy atom. The molecule has 172 valence electrons. The minimum absolute atomic E-state index is 0.000419. The highest BCUT2D eigenvalue weighted by atomic mass is 32.1. The van der Waals surface area contributed by atoms with Gasteiger partial charge in [0.1, 0.15) is 11.8 Å². The smallest absolute Gasteiger partial charge is 0.287 e. The zero-order valence-corrected chi connectivity index (χ0v) is 19.1. The Morgan fingerprint density at radius 1 is 1.06 bits per heavy atom. The minimum atomic E-state index is -0.551. The molecule has 1 aliphatic heterocycles. The third-order valence-corrected chi connectivity index (χ3v) is 5.21. The van der Waals surface area contributed by atoms with E-state index in [-0.39, 0.29) is 22.3 Å². The summed E-state index contributed by atoms with van der Waals surface area (Å²) in [6.45, 7) is 6.40. The van der Waals surface area contributed by atoms with Gasteiger partial charge in [-0.15, -0.1) is 0 Å². The highest BCUT2D eigenvalue weighted by molar-refractivity contribution is 7.80. The van der Waals surface area contributed by atoms with Crippen molar-refractivity contribution in [2.24, 2.45) is 0 Å². The second kappa shape index (κ2) is 10.2. The van der Waals surface area contributed by atoms with Gasteiger partial charge >= 0.3 is 0 Å². The van der Waals surface area contributed by atoms with Crippen molar-refractivity contribution < 1.29 is 24.0 Å². The Hall–Kier alpha value is -3.86. The molecule has 2 amide bonds. The fraction of sp³-hybridized carbons (Fsp3) is 0.273. The van der Waals surface area contributed by atoms with Gasteiger partial charge < -0.3 is 9.47 Å². The molecule has 11 heteroatoms. The van der Waals surface area contributed by atoms with Crippen molar-refractivity contribution in [1.82, 2.24) is 14.8 Å². The van der Waals surface area contributed by atoms with E-state index in [1.807, 2.05) is 0 Å². The summed E-state index contributed by atoms with van der Waals surface area (Å²) in [5.74, 6) is -0.0711. The predicted octanol–water partition coefficient (Wildman–Crippen LogP) is 3.56. The predicted molar refractivity (Wildman–Crippen MR) is 124 cm³/mol. The van der Waals surface area contributed by atoms with E-state index in [2.05, 4.69) is 4.98 Å². The van der Waals surface area contributed by atoms with Gasteiger partial charge in [-0.1, -0.05) is 6.07 Å². The van der Waals surface area contributed by atoms with Gasteiger partial charge in [0, 0.05) is 25.2 Å². The lowest BCUT2D eigenvalue weighted by molar-refractivity contribution is -0.385. The molecule has 2 aromatic rings. The third kappa shape index (κ3) is 4.98. The molecular formula is C22H22N4O6S. The van der Waals surface area contributed by atoms with Gasteiger partial charge in [0.25, 0.3) is 17.5 Å². The fourth-order valence-corrected chi connectivity index (χ4v) is 3.59. The summed E-state index contributed by atoms with van der Waals surface area (Å²) < 4.78 is 11.4. The largest absolute Gasteiger partial charge is 0.490 e. The third-order valence-electron chi connectivity index (χ3n) is 4.77. The molecule has 3 rings (SSSR count). The summed E-state index contributed by atoms with van der Waals surface area (Å²) >= 11 is 5.28. The molecular weight excluding hydrogens is 448 g/mol. The van der Waals surface area contributed by atoms with Crippen molar-refractivity contribution in [3.05, 3.63) is 57.8 Å². The molecule has 0 radical (unpaired) electrons. The molecule has 1 fully saturated rings. The summed E-state index contributed by atoms with van der Waals surface area (Å²) in [6, 6.07) is 7.57. The van der Waals surface area contributed by atoms with Crippen LogP contribution in [-0.4, -0.2) is 56.3 Å². The van der Waals surface area contributed by atoms with Crippen LogP contribution in [0.4, 0.5) is 5.69 Å². The Morgan fingerprint density at radius 3 is 2.24 bits per heavy atom. The van der Waals surface area contributed by atoms with E-state index >= 15 is 0 Å². The molecule has 1 aromatic carbocycles. The van der Waals surface area contributed by atoms with Crippen LogP contribution in [0, 0.1) is 10.1 Å². The molecule has 1 aliphatic rings. The molecule has 1 saturated heterocycles. The molecule has 0 aliphatic carbocycles.